The van der Waals surface area contributed by atoms with Crippen molar-refractivity contribution in [3.8, 4) is 28.8 Å². The Morgan fingerprint density at radius 2 is 1.93 bits per heavy atom. The molecule has 13 heteroatoms. The lowest BCUT2D eigenvalue weighted by Gasteiger charge is -2.20. The number of methoxy groups -OCH3 is 1. The fourth-order valence-corrected chi connectivity index (χ4v) is 4.95. The smallest absolute Gasteiger partial charge is 0.394 e. The van der Waals surface area contributed by atoms with Gasteiger partial charge in [0, 0.05) is 48.0 Å². The van der Waals surface area contributed by atoms with Crippen molar-refractivity contribution in [2.24, 2.45) is 0 Å². The van der Waals surface area contributed by atoms with Gasteiger partial charge in [-0.3, -0.25) is 4.79 Å². The van der Waals surface area contributed by atoms with E-state index in [1.165, 1.54) is 48.0 Å². The molecule has 0 bridgehead atoms. The Balaban J connectivity index is 1.73. The summed E-state index contributed by atoms with van der Waals surface area (Å²) in [5.74, 6) is 5.81. The number of anilines is 1. The zero-order valence-electron chi connectivity index (χ0n) is 23.6. The summed E-state index contributed by atoms with van der Waals surface area (Å²) in [4.78, 5) is 22.2. The van der Waals surface area contributed by atoms with Crippen LogP contribution in [0.4, 0.5) is 18.9 Å². The quantitative estimate of drug-likeness (QED) is 0.290. The SMILES string of the molecule is COc1cc(S(C)(=O)=O)ccc1NCC#Cc1nc2c(-c3cc(=O)cc([C@@H](C)N(C)C)[nH]3)cccn2c1CC(F)(F)F. The molecule has 1 aromatic carbocycles. The number of benzene rings is 1. The van der Waals surface area contributed by atoms with Crippen molar-refractivity contribution in [2.75, 3.05) is 39.3 Å². The summed E-state index contributed by atoms with van der Waals surface area (Å²) >= 11 is 0. The standard InChI is InChI=1S/C29H30F3N5O4S/c1-18(36(2)3)24-14-19(38)15-25(34-24)21-8-7-13-37-26(17-29(30,31)32)22(35-28(21)37)9-6-12-33-23-11-10-20(42(5,39)40)16-27(23)41-4/h7-8,10-11,13-16,18,33H,12,17H2,1-5H3,(H,34,38)/t18-/m1/s1. The number of imidazole rings is 1. The number of alkyl halides is 3. The summed E-state index contributed by atoms with van der Waals surface area (Å²) < 4.78 is 71.1. The van der Waals surface area contributed by atoms with Gasteiger partial charge in [-0.1, -0.05) is 5.92 Å². The largest absolute Gasteiger partial charge is 0.495 e. The molecule has 9 nitrogen and oxygen atoms in total. The molecule has 0 saturated heterocycles. The van der Waals surface area contributed by atoms with Crippen LogP contribution in [0.15, 0.2) is 58.4 Å². The number of fused-ring (bicyclic) bond motifs is 1. The number of aromatic amines is 1. The minimum absolute atomic E-state index is 0.0125. The second kappa shape index (κ2) is 11.9. The van der Waals surface area contributed by atoms with Crippen molar-refractivity contribution in [3.63, 3.8) is 0 Å². The number of aromatic nitrogens is 3. The molecule has 0 fully saturated rings. The van der Waals surface area contributed by atoms with Gasteiger partial charge < -0.3 is 24.3 Å². The summed E-state index contributed by atoms with van der Waals surface area (Å²) in [5.41, 5.74) is 1.77. The molecule has 4 rings (SSSR count). The van der Waals surface area contributed by atoms with Crippen molar-refractivity contribution < 1.29 is 26.3 Å². The van der Waals surface area contributed by atoms with Gasteiger partial charge in [0.25, 0.3) is 0 Å². The summed E-state index contributed by atoms with van der Waals surface area (Å²) in [5, 5.41) is 2.99. The first-order chi connectivity index (χ1) is 19.7. The lowest BCUT2D eigenvalue weighted by atomic mass is 10.1. The van der Waals surface area contributed by atoms with Gasteiger partial charge in [-0.05, 0) is 51.2 Å². The molecule has 0 unspecified atom stereocenters. The first-order valence-corrected chi connectivity index (χ1v) is 14.7. The number of nitrogens with one attached hydrogen (secondary N) is 2. The number of sulfone groups is 1. The molecule has 0 amide bonds. The van der Waals surface area contributed by atoms with E-state index in [1.807, 2.05) is 25.9 Å². The predicted molar refractivity (Wildman–Crippen MR) is 155 cm³/mol. The number of H-pyrrole nitrogens is 1. The minimum atomic E-state index is -4.52. The monoisotopic (exact) mass is 601 g/mol. The highest BCUT2D eigenvalue weighted by Gasteiger charge is 2.31. The van der Waals surface area contributed by atoms with Crippen molar-refractivity contribution in [1.29, 1.82) is 0 Å². The van der Waals surface area contributed by atoms with Crippen molar-refractivity contribution in [3.05, 3.63) is 76.0 Å². The third-order valence-corrected chi connectivity index (χ3v) is 7.78. The number of hydrogen-bond donors (Lipinski definition) is 2. The van der Waals surface area contributed by atoms with Gasteiger partial charge in [-0.15, -0.1) is 0 Å². The number of nitrogens with zero attached hydrogens (tertiary/aromatic N) is 3. The molecule has 1 atom stereocenters. The molecule has 42 heavy (non-hydrogen) atoms. The van der Waals surface area contributed by atoms with Crippen LogP contribution in [0, 0.1) is 11.8 Å². The molecule has 0 saturated carbocycles. The minimum Gasteiger partial charge on any atom is -0.495 e. The summed E-state index contributed by atoms with van der Waals surface area (Å²) in [6.07, 6.45) is -3.22. The number of rotatable bonds is 8. The molecule has 2 N–H and O–H groups in total. The van der Waals surface area contributed by atoms with E-state index in [-0.39, 0.29) is 45.7 Å². The number of hydrogen-bond acceptors (Lipinski definition) is 7. The molecule has 3 heterocycles. The molecular formula is C29H30F3N5O4S. The van der Waals surface area contributed by atoms with Crippen molar-refractivity contribution >= 4 is 21.2 Å². The number of pyridine rings is 2. The van der Waals surface area contributed by atoms with Crippen LogP contribution in [-0.2, 0) is 16.3 Å². The molecular weight excluding hydrogens is 571 g/mol. The molecule has 0 radical (unpaired) electrons. The molecule has 222 valence electrons. The molecule has 4 aromatic rings. The van der Waals surface area contributed by atoms with Gasteiger partial charge in [-0.25, -0.2) is 13.4 Å². The van der Waals surface area contributed by atoms with E-state index < -0.39 is 22.4 Å². The van der Waals surface area contributed by atoms with E-state index in [9.17, 15) is 26.4 Å². The zero-order valence-corrected chi connectivity index (χ0v) is 24.4. The van der Waals surface area contributed by atoms with E-state index in [0.717, 1.165) is 6.26 Å². The lowest BCUT2D eigenvalue weighted by Crippen LogP contribution is -2.20. The molecule has 0 aliphatic carbocycles. The van der Waals surface area contributed by atoms with Gasteiger partial charge in [0.1, 0.15) is 17.1 Å². The predicted octanol–water partition coefficient (Wildman–Crippen LogP) is 4.29. The second-order valence-electron chi connectivity index (χ2n) is 9.93. The third-order valence-electron chi connectivity index (χ3n) is 6.67. The van der Waals surface area contributed by atoms with Crippen LogP contribution in [0.25, 0.3) is 16.9 Å². The zero-order chi connectivity index (χ0) is 30.8. The average Bonchev–Trinajstić information content (AvgIpc) is 3.25. The first-order valence-electron chi connectivity index (χ1n) is 12.8. The van der Waals surface area contributed by atoms with Crippen LogP contribution in [-0.4, -0.2) is 67.9 Å². The third kappa shape index (κ3) is 6.95. The molecule has 0 aliphatic rings. The average molecular weight is 602 g/mol. The van der Waals surface area contributed by atoms with Gasteiger partial charge in [-0.2, -0.15) is 13.2 Å². The maximum absolute atomic E-state index is 13.6. The van der Waals surface area contributed by atoms with Crippen LogP contribution >= 0.6 is 0 Å². The topological polar surface area (TPSA) is 109 Å². The Morgan fingerprint density at radius 3 is 2.57 bits per heavy atom. The molecule has 3 aromatic heterocycles. The summed E-state index contributed by atoms with van der Waals surface area (Å²) in [6, 6.07) is 10.3. The highest BCUT2D eigenvalue weighted by atomic mass is 32.2. The fourth-order valence-electron chi connectivity index (χ4n) is 4.31. The van der Waals surface area contributed by atoms with Gasteiger partial charge in [0.05, 0.1) is 42.0 Å². The summed E-state index contributed by atoms with van der Waals surface area (Å²) in [6.45, 7) is 1.93. The molecule has 0 aliphatic heterocycles. The Labute approximate surface area is 241 Å². The van der Waals surface area contributed by atoms with Crippen LogP contribution in [0.2, 0.25) is 0 Å². The number of halogens is 3. The Morgan fingerprint density at radius 1 is 1.19 bits per heavy atom. The van der Waals surface area contributed by atoms with Crippen molar-refractivity contribution in [1.82, 2.24) is 19.3 Å². The summed E-state index contributed by atoms with van der Waals surface area (Å²) in [7, 11) is 1.69. The second-order valence-corrected chi connectivity index (χ2v) is 11.9. The fraction of sp³-hybridized carbons (Fsp3) is 0.310. The van der Waals surface area contributed by atoms with Crippen LogP contribution in [0.1, 0.15) is 30.0 Å². The van der Waals surface area contributed by atoms with Crippen LogP contribution in [0.3, 0.4) is 0 Å². The molecule has 0 spiro atoms. The normalized spacial score (nSPS) is 12.7. The van der Waals surface area contributed by atoms with Gasteiger partial charge >= 0.3 is 6.18 Å². The van der Waals surface area contributed by atoms with E-state index in [0.29, 0.717) is 22.6 Å². The van der Waals surface area contributed by atoms with Gasteiger partial charge in [0.15, 0.2) is 15.3 Å². The van der Waals surface area contributed by atoms with E-state index in [2.05, 4.69) is 27.1 Å². The maximum Gasteiger partial charge on any atom is 0.394 e. The Kier molecular flexibility index (Phi) is 8.70. The Hall–Kier alpha value is -4.28. The van der Waals surface area contributed by atoms with Crippen LogP contribution < -0.4 is 15.5 Å². The maximum atomic E-state index is 13.6. The highest BCUT2D eigenvalue weighted by molar-refractivity contribution is 7.90. The van der Waals surface area contributed by atoms with E-state index >= 15 is 0 Å². The van der Waals surface area contributed by atoms with Crippen LogP contribution in [0.5, 0.6) is 5.75 Å². The van der Waals surface area contributed by atoms with E-state index in [1.54, 1.807) is 12.1 Å². The highest BCUT2D eigenvalue weighted by Crippen LogP contribution is 2.30. The van der Waals surface area contributed by atoms with E-state index in [4.69, 9.17) is 4.74 Å². The first kappa shape index (κ1) is 30.7. The lowest BCUT2D eigenvalue weighted by molar-refractivity contribution is -0.128. The van der Waals surface area contributed by atoms with Gasteiger partial charge in [0.2, 0.25) is 0 Å². The Bertz CT molecular complexity index is 1850. The van der Waals surface area contributed by atoms with Crippen molar-refractivity contribution in [2.45, 2.75) is 30.5 Å². The number of ether oxygens (including phenoxy) is 1.